The van der Waals surface area contributed by atoms with Crippen molar-refractivity contribution in [3.05, 3.63) is 72.9 Å². The van der Waals surface area contributed by atoms with Gasteiger partial charge < -0.3 is 14.2 Å². The van der Waals surface area contributed by atoms with Crippen molar-refractivity contribution in [3.8, 4) is 0 Å². The number of allylic oxidation sites excluding steroid dienone is 2. The van der Waals surface area contributed by atoms with Gasteiger partial charge in [-0.05, 0) is 36.5 Å². The minimum atomic E-state index is -0.737. The lowest BCUT2D eigenvalue weighted by molar-refractivity contribution is -0.179. The second kappa shape index (κ2) is 18.1. The van der Waals surface area contributed by atoms with Crippen molar-refractivity contribution in [2.45, 2.75) is 96.2 Å². The first-order chi connectivity index (χ1) is 17.6. The van der Waals surface area contributed by atoms with E-state index in [4.69, 9.17) is 14.2 Å². The molecule has 200 valence electrons. The van der Waals surface area contributed by atoms with Gasteiger partial charge in [-0.3, -0.25) is 0 Å². The van der Waals surface area contributed by atoms with E-state index in [0.29, 0.717) is 25.7 Å². The molecule has 0 fully saturated rings. The third-order valence-electron chi connectivity index (χ3n) is 6.82. The van der Waals surface area contributed by atoms with Gasteiger partial charge in [0.15, 0.2) is 0 Å². The monoisotopic (exact) mass is 496 g/mol. The first-order valence-corrected chi connectivity index (χ1v) is 14.1. The quantitative estimate of drug-likeness (QED) is 0.0599. The molecule has 1 aliphatic rings. The van der Waals surface area contributed by atoms with Gasteiger partial charge in [0.2, 0.25) is 5.79 Å². The number of rotatable bonds is 20. The molecule has 4 nitrogen and oxygen atoms in total. The Balaban J connectivity index is 1.59. The molecule has 0 bridgehead atoms. The summed E-state index contributed by atoms with van der Waals surface area (Å²) in [6, 6.07) is 10.5. The smallest absolute Gasteiger partial charge is 0.330 e. The van der Waals surface area contributed by atoms with Gasteiger partial charge in [0.25, 0.3) is 0 Å². The number of hydrogen-bond donors (Lipinski definition) is 0. The third kappa shape index (κ3) is 12.2. The van der Waals surface area contributed by atoms with E-state index in [-0.39, 0.29) is 11.9 Å². The van der Waals surface area contributed by atoms with Crippen LogP contribution in [0, 0.1) is 5.92 Å². The lowest BCUT2D eigenvalue weighted by Crippen LogP contribution is -2.35. The lowest BCUT2D eigenvalue weighted by atomic mass is 9.93. The highest BCUT2D eigenvalue weighted by Crippen LogP contribution is 2.30. The summed E-state index contributed by atoms with van der Waals surface area (Å²) in [6.07, 6.45) is 22.9. The summed E-state index contributed by atoms with van der Waals surface area (Å²) in [5.74, 6) is -0.282. The maximum atomic E-state index is 11.0. The van der Waals surface area contributed by atoms with Crippen LogP contribution in [-0.2, 0) is 19.0 Å². The summed E-state index contributed by atoms with van der Waals surface area (Å²) in [7, 11) is 0. The van der Waals surface area contributed by atoms with Gasteiger partial charge in [-0.25, -0.2) is 4.79 Å². The summed E-state index contributed by atoms with van der Waals surface area (Å²) in [4.78, 5) is 11.0. The second-order valence-electron chi connectivity index (χ2n) is 9.96. The van der Waals surface area contributed by atoms with Crippen molar-refractivity contribution in [1.29, 1.82) is 0 Å². The molecule has 0 spiro atoms. The van der Waals surface area contributed by atoms with Gasteiger partial charge in [-0.15, -0.1) is 0 Å². The van der Waals surface area contributed by atoms with E-state index in [2.05, 4.69) is 75.1 Å². The third-order valence-corrected chi connectivity index (χ3v) is 6.82. The molecule has 0 N–H and O–H groups in total. The van der Waals surface area contributed by atoms with Gasteiger partial charge in [-0.2, -0.15) is 0 Å². The van der Waals surface area contributed by atoms with Gasteiger partial charge in [0.05, 0.1) is 19.8 Å². The number of unbranched alkanes of at least 4 members (excludes halogenated alkanes) is 9. The van der Waals surface area contributed by atoms with E-state index >= 15 is 0 Å². The molecule has 0 amide bonds. The van der Waals surface area contributed by atoms with Crippen molar-refractivity contribution in [2.75, 3.05) is 19.8 Å². The van der Waals surface area contributed by atoms with Crippen molar-refractivity contribution >= 4 is 5.97 Å². The predicted molar refractivity (Wildman–Crippen MR) is 149 cm³/mol. The molecule has 36 heavy (non-hydrogen) atoms. The Morgan fingerprint density at radius 3 is 2.00 bits per heavy atom. The Morgan fingerprint density at radius 1 is 0.889 bits per heavy atom. The number of carbonyl (C=O) groups excluding carboxylic acids is 1. The molecular formula is C32H48O4. The minimum Gasteiger partial charge on any atom is -0.463 e. The Labute approximate surface area is 219 Å². The van der Waals surface area contributed by atoms with Crippen LogP contribution >= 0.6 is 0 Å². The maximum Gasteiger partial charge on any atom is 0.330 e. The predicted octanol–water partition coefficient (Wildman–Crippen LogP) is 8.30. The second-order valence-corrected chi connectivity index (χ2v) is 9.96. The molecule has 1 unspecified atom stereocenters. The van der Waals surface area contributed by atoms with E-state index in [9.17, 15) is 4.79 Å². The van der Waals surface area contributed by atoms with E-state index in [1.54, 1.807) is 0 Å². The molecule has 1 atom stereocenters. The Kier molecular flexibility index (Phi) is 15.1. The van der Waals surface area contributed by atoms with E-state index < -0.39 is 5.79 Å². The molecule has 1 aromatic rings. The largest absolute Gasteiger partial charge is 0.463 e. The number of esters is 1. The Morgan fingerprint density at radius 2 is 1.44 bits per heavy atom. The zero-order valence-electron chi connectivity index (χ0n) is 22.7. The van der Waals surface area contributed by atoms with Crippen LogP contribution in [0.4, 0.5) is 0 Å². The summed E-state index contributed by atoms with van der Waals surface area (Å²) in [6.45, 7) is 9.73. The molecule has 1 aliphatic carbocycles. The van der Waals surface area contributed by atoms with Crippen LogP contribution in [0.3, 0.4) is 0 Å². The summed E-state index contributed by atoms with van der Waals surface area (Å²) >= 11 is 0. The number of benzene rings is 1. The molecule has 2 rings (SSSR count). The summed E-state index contributed by atoms with van der Waals surface area (Å²) in [5, 5.41) is 0. The van der Waals surface area contributed by atoms with E-state index in [0.717, 1.165) is 25.7 Å². The molecule has 1 aromatic carbocycles. The molecule has 0 heterocycles. The van der Waals surface area contributed by atoms with Crippen LogP contribution in [0.5, 0.6) is 0 Å². The van der Waals surface area contributed by atoms with Gasteiger partial charge in [-0.1, -0.05) is 121 Å². The standard InChI is InChI=1S/C32H48O4/c1-4-28(3)27-36-32(23-21-30(22-24-32)29-19-15-14-16-20-29)35-26-18-13-11-9-7-6-8-10-12-17-25-34-31(33)5-2/h5,14-16,19-24,28,30H,2,4,6-13,17-18,25-27H2,1,3H3. The SMILES string of the molecule is C=CC(=O)OCCCCCCCCCCCCOC1(OCC(C)CC)C=CC(c2ccccc2)C=C1. The fraction of sp³-hybridized carbons (Fsp3) is 0.594. The van der Waals surface area contributed by atoms with Gasteiger partial charge >= 0.3 is 5.97 Å². The van der Waals surface area contributed by atoms with Crippen LogP contribution in [0.25, 0.3) is 0 Å². The number of carbonyl (C=O) groups is 1. The van der Waals surface area contributed by atoms with Crippen LogP contribution in [0.2, 0.25) is 0 Å². The van der Waals surface area contributed by atoms with Crippen molar-refractivity contribution in [1.82, 2.24) is 0 Å². The average Bonchev–Trinajstić information content (AvgIpc) is 2.92. The molecule has 4 heteroatoms. The van der Waals surface area contributed by atoms with Gasteiger partial charge in [0, 0.05) is 12.0 Å². The fourth-order valence-corrected chi connectivity index (χ4v) is 4.20. The molecule has 0 saturated carbocycles. The highest BCUT2D eigenvalue weighted by molar-refractivity contribution is 5.81. The molecule has 0 radical (unpaired) electrons. The number of ether oxygens (including phenoxy) is 3. The van der Waals surface area contributed by atoms with Crippen molar-refractivity contribution in [2.24, 2.45) is 5.92 Å². The highest BCUT2D eigenvalue weighted by atomic mass is 16.7. The van der Waals surface area contributed by atoms with E-state index in [1.165, 1.54) is 56.6 Å². The first kappa shape index (κ1) is 30.1. The van der Waals surface area contributed by atoms with Crippen LogP contribution in [0.15, 0.2) is 67.3 Å². The lowest BCUT2D eigenvalue weighted by Gasteiger charge is -2.32. The fourth-order valence-electron chi connectivity index (χ4n) is 4.20. The van der Waals surface area contributed by atoms with Gasteiger partial charge in [0.1, 0.15) is 0 Å². The van der Waals surface area contributed by atoms with Crippen LogP contribution in [-0.4, -0.2) is 31.6 Å². The molecule has 0 aliphatic heterocycles. The van der Waals surface area contributed by atoms with Crippen molar-refractivity contribution < 1.29 is 19.0 Å². The van der Waals surface area contributed by atoms with Crippen LogP contribution < -0.4 is 0 Å². The zero-order valence-corrected chi connectivity index (χ0v) is 22.7. The Bertz CT molecular complexity index is 769. The summed E-state index contributed by atoms with van der Waals surface area (Å²) in [5.41, 5.74) is 1.29. The molecule has 0 aromatic heterocycles. The molecular weight excluding hydrogens is 448 g/mol. The molecule has 0 saturated heterocycles. The minimum absolute atomic E-state index is 0.268. The normalized spacial score (nSPS) is 19.8. The zero-order chi connectivity index (χ0) is 25.9. The summed E-state index contributed by atoms with van der Waals surface area (Å²) < 4.78 is 17.6. The Hall–Kier alpha value is -2.17. The number of hydrogen-bond acceptors (Lipinski definition) is 4. The van der Waals surface area contributed by atoms with Crippen LogP contribution in [0.1, 0.15) is 96.0 Å². The van der Waals surface area contributed by atoms with E-state index in [1.807, 2.05) is 0 Å². The average molecular weight is 497 g/mol. The topological polar surface area (TPSA) is 44.8 Å². The first-order valence-electron chi connectivity index (χ1n) is 14.1. The van der Waals surface area contributed by atoms with Crippen molar-refractivity contribution in [3.63, 3.8) is 0 Å². The highest BCUT2D eigenvalue weighted by Gasteiger charge is 2.29. The maximum absolute atomic E-state index is 11.0.